The highest BCUT2D eigenvalue weighted by atomic mass is 16.1. The quantitative estimate of drug-likeness (QED) is 0.549. The second-order valence-corrected chi connectivity index (χ2v) is 2.95. The van der Waals surface area contributed by atoms with Crippen LogP contribution >= 0.6 is 0 Å². The van der Waals surface area contributed by atoms with Crippen LogP contribution in [0.1, 0.15) is 16.8 Å². The second kappa shape index (κ2) is 5.07. The number of benzene rings is 1. The summed E-state index contributed by atoms with van der Waals surface area (Å²) in [6, 6.07) is 7.09. The standard InChI is InChI=1S/C11H14N2O/c1-2-3-8-13-10-6-4-9(5-7-10)11(12)14/h2,4-7,13H,1,3,8H2,(H2,12,14). The second-order valence-electron chi connectivity index (χ2n) is 2.95. The molecule has 3 nitrogen and oxygen atoms in total. The van der Waals surface area contributed by atoms with E-state index < -0.39 is 5.91 Å². The number of hydrogen-bond acceptors (Lipinski definition) is 2. The number of carbonyl (C=O) groups is 1. The van der Waals surface area contributed by atoms with E-state index in [0.29, 0.717) is 5.56 Å². The number of rotatable bonds is 5. The van der Waals surface area contributed by atoms with E-state index in [0.717, 1.165) is 18.7 Å². The lowest BCUT2D eigenvalue weighted by molar-refractivity contribution is 0.100. The summed E-state index contributed by atoms with van der Waals surface area (Å²) in [5, 5.41) is 3.19. The highest BCUT2D eigenvalue weighted by Crippen LogP contribution is 2.08. The summed E-state index contributed by atoms with van der Waals surface area (Å²) >= 11 is 0. The van der Waals surface area contributed by atoms with Crippen LogP contribution in [-0.4, -0.2) is 12.5 Å². The van der Waals surface area contributed by atoms with Gasteiger partial charge in [0.05, 0.1) is 0 Å². The molecule has 1 aromatic rings. The molecule has 0 bridgehead atoms. The molecule has 1 rings (SSSR count). The largest absolute Gasteiger partial charge is 0.385 e. The molecule has 0 aromatic heterocycles. The smallest absolute Gasteiger partial charge is 0.248 e. The molecule has 0 aliphatic rings. The first-order valence-corrected chi connectivity index (χ1v) is 4.48. The predicted molar refractivity (Wildman–Crippen MR) is 58.3 cm³/mol. The predicted octanol–water partition coefficient (Wildman–Crippen LogP) is 1.77. The monoisotopic (exact) mass is 190 g/mol. The fraction of sp³-hybridized carbons (Fsp3) is 0.182. The number of anilines is 1. The van der Waals surface area contributed by atoms with Gasteiger partial charge in [-0.1, -0.05) is 6.08 Å². The van der Waals surface area contributed by atoms with Gasteiger partial charge in [0.2, 0.25) is 5.91 Å². The molecule has 1 aromatic carbocycles. The summed E-state index contributed by atoms with van der Waals surface area (Å²) in [5.41, 5.74) is 6.62. The van der Waals surface area contributed by atoms with E-state index in [4.69, 9.17) is 5.73 Å². The number of nitrogens with two attached hydrogens (primary N) is 1. The van der Waals surface area contributed by atoms with Crippen molar-refractivity contribution in [1.82, 2.24) is 0 Å². The molecule has 3 heteroatoms. The Morgan fingerprint density at radius 2 is 2.07 bits per heavy atom. The fourth-order valence-corrected chi connectivity index (χ4v) is 1.07. The van der Waals surface area contributed by atoms with E-state index >= 15 is 0 Å². The Hall–Kier alpha value is -1.77. The van der Waals surface area contributed by atoms with Crippen molar-refractivity contribution in [3.05, 3.63) is 42.5 Å². The van der Waals surface area contributed by atoms with Crippen LogP contribution in [0, 0.1) is 0 Å². The molecule has 0 radical (unpaired) electrons. The van der Waals surface area contributed by atoms with Gasteiger partial charge in [-0.05, 0) is 30.7 Å². The van der Waals surface area contributed by atoms with Crippen LogP contribution < -0.4 is 11.1 Å². The Morgan fingerprint density at radius 1 is 1.43 bits per heavy atom. The zero-order chi connectivity index (χ0) is 10.4. The average molecular weight is 190 g/mol. The van der Waals surface area contributed by atoms with E-state index in [1.807, 2.05) is 18.2 Å². The van der Waals surface area contributed by atoms with Crippen molar-refractivity contribution in [3.8, 4) is 0 Å². The molecule has 3 N–H and O–H groups in total. The molecule has 0 spiro atoms. The van der Waals surface area contributed by atoms with Gasteiger partial charge in [-0.3, -0.25) is 4.79 Å². The lowest BCUT2D eigenvalue weighted by Gasteiger charge is -2.04. The topological polar surface area (TPSA) is 55.1 Å². The van der Waals surface area contributed by atoms with Crippen LogP contribution in [0.15, 0.2) is 36.9 Å². The van der Waals surface area contributed by atoms with Crippen LogP contribution in [0.2, 0.25) is 0 Å². The maximum absolute atomic E-state index is 10.8. The number of hydrogen-bond donors (Lipinski definition) is 2. The third-order valence-corrected chi connectivity index (χ3v) is 1.85. The van der Waals surface area contributed by atoms with Gasteiger partial charge < -0.3 is 11.1 Å². The van der Waals surface area contributed by atoms with Crippen LogP contribution in [-0.2, 0) is 0 Å². The molecule has 0 heterocycles. The minimum absolute atomic E-state index is 0.400. The molecule has 0 saturated carbocycles. The van der Waals surface area contributed by atoms with Crippen molar-refractivity contribution in [2.75, 3.05) is 11.9 Å². The zero-order valence-corrected chi connectivity index (χ0v) is 7.99. The summed E-state index contributed by atoms with van der Waals surface area (Å²) in [6.07, 6.45) is 2.77. The third-order valence-electron chi connectivity index (χ3n) is 1.85. The molecule has 0 saturated heterocycles. The van der Waals surface area contributed by atoms with Crippen LogP contribution in [0.5, 0.6) is 0 Å². The van der Waals surface area contributed by atoms with Gasteiger partial charge in [0.15, 0.2) is 0 Å². The molecular weight excluding hydrogens is 176 g/mol. The van der Waals surface area contributed by atoms with Gasteiger partial charge in [-0.25, -0.2) is 0 Å². The van der Waals surface area contributed by atoms with E-state index in [9.17, 15) is 4.79 Å². The molecule has 0 fully saturated rings. The Kier molecular flexibility index (Phi) is 3.73. The van der Waals surface area contributed by atoms with E-state index in [1.165, 1.54) is 0 Å². The van der Waals surface area contributed by atoms with Crippen molar-refractivity contribution in [1.29, 1.82) is 0 Å². The van der Waals surface area contributed by atoms with Gasteiger partial charge in [0.1, 0.15) is 0 Å². The summed E-state index contributed by atoms with van der Waals surface area (Å²) in [7, 11) is 0. The first-order valence-electron chi connectivity index (χ1n) is 4.48. The number of primary amides is 1. The van der Waals surface area contributed by atoms with Crippen molar-refractivity contribution >= 4 is 11.6 Å². The lowest BCUT2D eigenvalue weighted by Crippen LogP contribution is -2.10. The Morgan fingerprint density at radius 3 is 2.57 bits per heavy atom. The van der Waals surface area contributed by atoms with Crippen LogP contribution in [0.25, 0.3) is 0 Å². The summed E-state index contributed by atoms with van der Waals surface area (Å²) < 4.78 is 0. The van der Waals surface area contributed by atoms with Crippen LogP contribution in [0.3, 0.4) is 0 Å². The number of carbonyl (C=O) groups excluding carboxylic acids is 1. The van der Waals surface area contributed by atoms with Gasteiger partial charge >= 0.3 is 0 Å². The SMILES string of the molecule is C=CCCNc1ccc(C(N)=O)cc1. The van der Waals surface area contributed by atoms with E-state index in [1.54, 1.807) is 12.1 Å². The zero-order valence-electron chi connectivity index (χ0n) is 7.99. The highest BCUT2D eigenvalue weighted by Gasteiger charge is 1.98. The van der Waals surface area contributed by atoms with E-state index in [-0.39, 0.29) is 0 Å². The summed E-state index contributed by atoms with van der Waals surface area (Å²) in [4.78, 5) is 10.8. The van der Waals surface area contributed by atoms with Gasteiger partial charge in [-0.15, -0.1) is 6.58 Å². The molecular formula is C11H14N2O. The maximum Gasteiger partial charge on any atom is 0.248 e. The van der Waals surface area contributed by atoms with Gasteiger partial charge in [0.25, 0.3) is 0 Å². The van der Waals surface area contributed by atoms with Gasteiger partial charge in [-0.2, -0.15) is 0 Å². The lowest BCUT2D eigenvalue weighted by atomic mass is 10.2. The average Bonchev–Trinajstić information content (AvgIpc) is 2.19. The molecule has 0 atom stereocenters. The van der Waals surface area contributed by atoms with Crippen molar-refractivity contribution < 1.29 is 4.79 Å². The summed E-state index contributed by atoms with van der Waals surface area (Å²) in [5.74, 6) is -0.400. The van der Waals surface area contributed by atoms with Crippen molar-refractivity contribution in [2.24, 2.45) is 5.73 Å². The minimum atomic E-state index is -0.400. The molecule has 1 amide bonds. The molecule has 14 heavy (non-hydrogen) atoms. The number of nitrogens with one attached hydrogen (secondary N) is 1. The van der Waals surface area contributed by atoms with Crippen molar-refractivity contribution in [2.45, 2.75) is 6.42 Å². The molecule has 0 aliphatic carbocycles. The van der Waals surface area contributed by atoms with Gasteiger partial charge in [0, 0.05) is 17.8 Å². The first-order chi connectivity index (χ1) is 6.74. The Labute approximate surface area is 83.6 Å². The normalized spacial score (nSPS) is 9.43. The Balaban J connectivity index is 2.55. The minimum Gasteiger partial charge on any atom is -0.385 e. The van der Waals surface area contributed by atoms with Crippen molar-refractivity contribution in [3.63, 3.8) is 0 Å². The summed E-state index contributed by atoms with van der Waals surface area (Å²) in [6.45, 7) is 4.47. The first kappa shape index (κ1) is 10.3. The van der Waals surface area contributed by atoms with Crippen LogP contribution in [0.4, 0.5) is 5.69 Å². The fourth-order valence-electron chi connectivity index (χ4n) is 1.07. The Bertz CT molecular complexity index is 317. The maximum atomic E-state index is 10.8. The van der Waals surface area contributed by atoms with E-state index in [2.05, 4.69) is 11.9 Å². The highest BCUT2D eigenvalue weighted by molar-refractivity contribution is 5.93. The third kappa shape index (κ3) is 2.94. The molecule has 74 valence electrons. The molecule has 0 unspecified atom stereocenters. The number of amides is 1. The molecule has 0 aliphatic heterocycles.